The minimum atomic E-state index is -4.77. The third-order valence-corrected chi connectivity index (χ3v) is 10.3. The first kappa shape index (κ1) is 35.1. The fourth-order valence-corrected chi connectivity index (χ4v) is 7.48. The van der Waals surface area contributed by atoms with Crippen molar-refractivity contribution in [2.45, 2.75) is 62.9 Å². The zero-order valence-corrected chi connectivity index (χ0v) is 28.0. The van der Waals surface area contributed by atoms with E-state index in [2.05, 4.69) is 10.2 Å². The third kappa shape index (κ3) is 8.18. The summed E-state index contributed by atoms with van der Waals surface area (Å²) in [6, 6.07) is 9.80. The first-order valence-corrected chi connectivity index (χ1v) is 17.2. The first-order chi connectivity index (χ1) is 23.5. The molecule has 0 spiro atoms. The number of hydrogen-bond donors (Lipinski definition) is 2. The first-order valence-electron chi connectivity index (χ1n) is 16.8. The van der Waals surface area contributed by atoms with Gasteiger partial charge in [0, 0.05) is 76.6 Å². The van der Waals surface area contributed by atoms with Crippen LogP contribution in [-0.4, -0.2) is 115 Å². The Balaban J connectivity index is 1.12. The highest BCUT2D eigenvalue weighted by molar-refractivity contribution is 6.33. The number of rotatable bonds is 6. The van der Waals surface area contributed by atoms with E-state index < -0.39 is 35.5 Å². The lowest BCUT2D eigenvalue weighted by Gasteiger charge is -2.41. The number of nitrogens with zero attached hydrogens (tertiary/aromatic N) is 4. The summed E-state index contributed by atoms with van der Waals surface area (Å²) in [7, 11) is 0. The van der Waals surface area contributed by atoms with Gasteiger partial charge < -0.3 is 35.2 Å². The van der Waals surface area contributed by atoms with E-state index >= 15 is 0 Å². The second-order valence-corrected chi connectivity index (χ2v) is 13.5. The van der Waals surface area contributed by atoms with Gasteiger partial charge in [-0.15, -0.1) is 0 Å². The minimum absolute atomic E-state index is 0.0718. The Kier molecular flexibility index (Phi) is 10.8. The van der Waals surface area contributed by atoms with Crippen LogP contribution >= 0.6 is 11.6 Å². The monoisotopic (exact) mass is 706 g/mol. The lowest BCUT2D eigenvalue weighted by molar-refractivity contribution is -0.143. The van der Waals surface area contributed by atoms with Crippen molar-refractivity contribution in [1.29, 1.82) is 0 Å². The van der Waals surface area contributed by atoms with Crippen molar-refractivity contribution in [3.63, 3.8) is 0 Å². The third-order valence-electron chi connectivity index (χ3n) is 10.0. The van der Waals surface area contributed by atoms with Crippen LogP contribution in [0.5, 0.6) is 0 Å². The maximum Gasteiger partial charge on any atom is 0.418 e. The number of fused-ring (bicyclic) bond motifs is 1. The molecule has 2 aromatic carbocycles. The quantitative estimate of drug-likeness (QED) is 0.412. The Hall–Kier alpha value is -3.75. The molecule has 0 bridgehead atoms. The molecule has 266 valence electrons. The van der Waals surface area contributed by atoms with Crippen LogP contribution in [-0.2, 0) is 33.3 Å². The SMILES string of the molecule is Nc1c(Cl)cc(C[C@@H](OC(=O)N2CCC(N3CCc4ccccc4NC3=O)CC2)C(=O)N2CCN(C3CCCOC3)CC2)cc1C(F)(F)F. The van der Waals surface area contributed by atoms with Crippen LogP contribution in [0.25, 0.3) is 0 Å². The average Bonchev–Trinajstić information content (AvgIpc) is 3.27. The highest BCUT2D eigenvalue weighted by Gasteiger charge is 2.38. The zero-order chi connectivity index (χ0) is 34.7. The lowest BCUT2D eigenvalue weighted by Crippen LogP contribution is -2.56. The number of para-hydroxylation sites is 1. The van der Waals surface area contributed by atoms with E-state index in [1.54, 1.807) is 9.80 Å². The van der Waals surface area contributed by atoms with Crippen molar-refractivity contribution in [2.24, 2.45) is 0 Å². The molecule has 2 atom stereocenters. The molecule has 6 rings (SSSR count). The van der Waals surface area contributed by atoms with E-state index in [1.165, 1.54) is 11.0 Å². The number of piperazine rings is 1. The number of anilines is 2. The van der Waals surface area contributed by atoms with Gasteiger partial charge in [-0.1, -0.05) is 29.8 Å². The summed E-state index contributed by atoms with van der Waals surface area (Å²) in [6.07, 6.45) is -3.49. The number of likely N-dealkylation sites (tertiary alicyclic amines) is 1. The van der Waals surface area contributed by atoms with Crippen LogP contribution in [0.2, 0.25) is 5.02 Å². The van der Waals surface area contributed by atoms with Gasteiger partial charge in [0.1, 0.15) is 0 Å². The summed E-state index contributed by atoms with van der Waals surface area (Å²) in [5, 5.41) is 2.68. The van der Waals surface area contributed by atoms with Crippen molar-refractivity contribution in [1.82, 2.24) is 19.6 Å². The van der Waals surface area contributed by atoms with E-state index in [0.717, 1.165) is 36.8 Å². The number of halogens is 4. The fourth-order valence-electron chi connectivity index (χ4n) is 7.24. The highest BCUT2D eigenvalue weighted by Crippen LogP contribution is 2.38. The second kappa shape index (κ2) is 15.0. The van der Waals surface area contributed by atoms with Crippen molar-refractivity contribution in [3.05, 3.63) is 58.1 Å². The number of nitrogens with one attached hydrogen (secondary N) is 1. The molecule has 4 amide bonds. The highest BCUT2D eigenvalue weighted by atomic mass is 35.5. The van der Waals surface area contributed by atoms with Crippen LogP contribution in [0.3, 0.4) is 0 Å². The number of carbonyl (C=O) groups excluding carboxylic acids is 3. The maximum atomic E-state index is 13.9. The molecule has 3 fully saturated rings. The van der Waals surface area contributed by atoms with Crippen LogP contribution in [0, 0.1) is 0 Å². The van der Waals surface area contributed by atoms with Gasteiger partial charge in [-0.2, -0.15) is 13.2 Å². The van der Waals surface area contributed by atoms with E-state index in [0.29, 0.717) is 58.6 Å². The van der Waals surface area contributed by atoms with Crippen LogP contribution < -0.4 is 11.1 Å². The number of benzene rings is 2. The van der Waals surface area contributed by atoms with Gasteiger partial charge in [0.2, 0.25) is 0 Å². The van der Waals surface area contributed by atoms with Crippen molar-refractivity contribution >= 4 is 41.0 Å². The zero-order valence-electron chi connectivity index (χ0n) is 27.2. The standard InChI is InChI=1S/C34H42ClF3N6O5/c35-27-19-22(18-26(30(27)39)34(36,37)38)20-29(31(45)42-15-13-41(14-16-42)25-5-3-17-48-21-25)49-33(47)43-10-8-24(9-11-43)44-12-7-23-4-1-2-6-28(23)40-32(44)46/h1-2,4,6,18-19,24-25,29H,3,5,7-17,20-21,39H2,(H,40,46)/t25?,29-/m1/s1. The molecule has 0 aromatic heterocycles. The van der Waals surface area contributed by atoms with Crippen LogP contribution in [0.15, 0.2) is 36.4 Å². The van der Waals surface area contributed by atoms with Crippen LogP contribution in [0.4, 0.5) is 34.1 Å². The number of urea groups is 1. The van der Waals surface area contributed by atoms with E-state index in [9.17, 15) is 27.6 Å². The number of nitrogen functional groups attached to an aromatic ring is 1. The Morgan fingerprint density at radius 2 is 1.73 bits per heavy atom. The van der Waals surface area contributed by atoms with Crippen molar-refractivity contribution in [3.8, 4) is 0 Å². The molecule has 2 aromatic rings. The minimum Gasteiger partial charge on any atom is -0.436 e. The van der Waals surface area contributed by atoms with Gasteiger partial charge >= 0.3 is 18.3 Å². The van der Waals surface area contributed by atoms with E-state index in [-0.39, 0.29) is 48.2 Å². The van der Waals surface area contributed by atoms with Gasteiger partial charge in [0.05, 0.1) is 22.9 Å². The number of nitrogens with two attached hydrogens (primary N) is 1. The van der Waals surface area contributed by atoms with Crippen molar-refractivity contribution in [2.75, 3.05) is 70.1 Å². The molecule has 0 aliphatic carbocycles. The topological polar surface area (TPSA) is 121 Å². The summed E-state index contributed by atoms with van der Waals surface area (Å²) in [5.41, 5.74) is 5.85. The molecule has 3 N–H and O–H groups in total. The molecule has 1 unspecified atom stereocenters. The molecule has 4 aliphatic rings. The van der Waals surface area contributed by atoms with Gasteiger partial charge in [-0.3, -0.25) is 9.69 Å². The van der Waals surface area contributed by atoms with E-state index in [1.807, 2.05) is 24.3 Å². The molecule has 0 radical (unpaired) electrons. The largest absolute Gasteiger partial charge is 0.436 e. The molecule has 3 saturated heterocycles. The van der Waals surface area contributed by atoms with Gasteiger partial charge in [-0.05, 0) is 61.4 Å². The molecule has 4 aliphatic heterocycles. The average molecular weight is 707 g/mol. The maximum absolute atomic E-state index is 13.9. The molecular weight excluding hydrogens is 665 g/mol. The van der Waals surface area contributed by atoms with Crippen LogP contribution in [0.1, 0.15) is 42.4 Å². The Labute approximate surface area is 288 Å². The number of amides is 4. The Morgan fingerprint density at radius 3 is 2.43 bits per heavy atom. The van der Waals surface area contributed by atoms with Gasteiger partial charge in [-0.25, -0.2) is 9.59 Å². The summed E-state index contributed by atoms with van der Waals surface area (Å²) in [4.78, 5) is 47.7. The molecule has 11 nitrogen and oxygen atoms in total. The summed E-state index contributed by atoms with van der Waals surface area (Å²) >= 11 is 6.09. The fraction of sp³-hybridized carbons (Fsp3) is 0.559. The number of hydrogen-bond acceptors (Lipinski definition) is 7. The summed E-state index contributed by atoms with van der Waals surface area (Å²) in [5.74, 6) is -0.481. The van der Waals surface area contributed by atoms with E-state index in [4.69, 9.17) is 26.8 Å². The van der Waals surface area contributed by atoms with Gasteiger partial charge in [0.25, 0.3) is 5.91 Å². The predicted molar refractivity (Wildman–Crippen MR) is 177 cm³/mol. The second-order valence-electron chi connectivity index (χ2n) is 13.1. The smallest absolute Gasteiger partial charge is 0.418 e. The van der Waals surface area contributed by atoms with Gasteiger partial charge in [0.15, 0.2) is 6.10 Å². The molecule has 4 heterocycles. The lowest BCUT2D eigenvalue weighted by atomic mass is 10.0. The Bertz CT molecular complexity index is 1520. The number of carbonyl (C=O) groups is 3. The number of ether oxygens (including phenoxy) is 2. The predicted octanol–water partition coefficient (Wildman–Crippen LogP) is 4.87. The summed E-state index contributed by atoms with van der Waals surface area (Å²) in [6.45, 7) is 4.47. The Morgan fingerprint density at radius 1 is 1.00 bits per heavy atom. The molecular formula is C34H42ClF3N6O5. The number of piperidine rings is 1. The molecule has 15 heteroatoms. The molecule has 49 heavy (non-hydrogen) atoms. The number of alkyl halides is 3. The summed E-state index contributed by atoms with van der Waals surface area (Å²) < 4.78 is 52.8. The normalized spacial score (nSPS) is 21.8. The molecule has 0 saturated carbocycles. The van der Waals surface area contributed by atoms with Crippen molar-refractivity contribution < 1.29 is 37.0 Å².